The van der Waals surface area contributed by atoms with Crippen molar-refractivity contribution in [1.29, 1.82) is 0 Å². The Hall–Kier alpha value is -0.760. The van der Waals surface area contributed by atoms with Gasteiger partial charge in [-0.05, 0) is 47.3 Å². The standard InChI is InChI=1S/C12H14BrN/c1-9-6-7-11-10(12(9)13)5-3-2-4-8-14-11/h3,5-7,14H,2,4,8H2,1H3/b5-3+. The number of fused-ring (bicyclic) bond motifs is 1. The molecule has 1 N–H and O–H groups in total. The number of allylic oxidation sites excluding steroid dienone is 1. The monoisotopic (exact) mass is 251 g/mol. The molecule has 1 aliphatic heterocycles. The van der Waals surface area contributed by atoms with Crippen LogP contribution in [0.3, 0.4) is 0 Å². The van der Waals surface area contributed by atoms with E-state index in [0.717, 1.165) is 13.0 Å². The zero-order valence-corrected chi connectivity index (χ0v) is 9.89. The van der Waals surface area contributed by atoms with E-state index in [1.807, 2.05) is 0 Å². The fraction of sp³-hybridized carbons (Fsp3) is 0.333. The van der Waals surface area contributed by atoms with Crippen LogP contribution in [0, 0.1) is 6.92 Å². The molecule has 0 spiro atoms. The van der Waals surface area contributed by atoms with Crippen molar-refractivity contribution in [1.82, 2.24) is 0 Å². The van der Waals surface area contributed by atoms with Crippen molar-refractivity contribution in [2.75, 3.05) is 11.9 Å². The molecule has 1 nitrogen and oxygen atoms in total. The Morgan fingerprint density at radius 1 is 1.36 bits per heavy atom. The highest BCUT2D eigenvalue weighted by Gasteiger charge is 2.07. The predicted molar refractivity (Wildman–Crippen MR) is 65.6 cm³/mol. The molecule has 0 saturated heterocycles. The lowest BCUT2D eigenvalue weighted by Crippen LogP contribution is -2.04. The summed E-state index contributed by atoms with van der Waals surface area (Å²) in [4.78, 5) is 0. The van der Waals surface area contributed by atoms with Gasteiger partial charge in [-0.3, -0.25) is 0 Å². The third-order valence-corrected chi connectivity index (χ3v) is 3.57. The van der Waals surface area contributed by atoms with Gasteiger partial charge in [-0.15, -0.1) is 0 Å². The van der Waals surface area contributed by atoms with Crippen molar-refractivity contribution < 1.29 is 0 Å². The summed E-state index contributed by atoms with van der Waals surface area (Å²) in [6.07, 6.45) is 6.83. The first-order valence-electron chi connectivity index (χ1n) is 4.98. The molecule has 74 valence electrons. The van der Waals surface area contributed by atoms with E-state index < -0.39 is 0 Å². The molecule has 0 aromatic heterocycles. The molecule has 2 heteroatoms. The Kier molecular flexibility index (Phi) is 2.92. The van der Waals surface area contributed by atoms with Crippen LogP contribution in [0.1, 0.15) is 24.0 Å². The maximum atomic E-state index is 3.63. The van der Waals surface area contributed by atoms with Gasteiger partial charge in [0.15, 0.2) is 0 Å². The van der Waals surface area contributed by atoms with Crippen LogP contribution in [-0.4, -0.2) is 6.54 Å². The van der Waals surface area contributed by atoms with Gasteiger partial charge in [0, 0.05) is 22.3 Å². The van der Waals surface area contributed by atoms with Crippen molar-refractivity contribution in [2.45, 2.75) is 19.8 Å². The highest BCUT2D eigenvalue weighted by molar-refractivity contribution is 9.10. The molecule has 0 bridgehead atoms. The summed E-state index contributed by atoms with van der Waals surface area (Å²) >= 11 is 3.63. The first-order chi connectivity index (χ1) is 6.79. The molecular formula is C12H14BrN. The molecule has 0 aliphatic carbocycles. The summed E-state index contributed by atoms with van der Waals surface area (Å²) in [5, 5.41) is 3.45. The number of anilines is 1. The molecule has 0 amide bonds. The zero-order chi connectivity index (χ0) is 9.97. The molecule has 0 atom stereocenters. The first kappa shape index (κ1) is 9.78. The van der Waals surface area contributed by atoms with Crippen molar-refractivity contribution >= 4 is 27.7 Å². The quantitative estimate of drug-likeness (QED) is 0.736. The molecule has 1 aliphatic rings. The highest BCUT2D eigenvalue weighted by Crippen LogP contribution is 2.30. The summed E-state index contributed by atoms with van der Waals surface area (Å²) in [5.41, 5.74) is 3.80. The summed E-state index contributed by atoms with van der Waals surface area (Å²) in [6.45, 7) is 3.18. The molecule has 1 heterocycles. The van der Waals surface area contributed by atoms with Crippen molar-refractivity contribution in [2.24, 2.45) is 0 Å². The number of halogens is 1. The maximum absolute atomic E-state index is 3.63. The lowest BCUT2D eigenvalue weighted by Gasteiger charge is -2.14. The fourth-order valence-corrected chi connectivity index (χ4v) is 2.14. The van der Waals surface area contributed by atoms with Gasteiger partial charge in [-0.1, -0.05) is 18.2 Å². The molecule has 0 radical (unpaired) electrons. The van der Waals surface area contributed by atoms with Crippen molar-refractivity contribution in [3.8, 4) is 0 Å². The summed E-state index contributed by atoms with van der Waals surface area (Å²) in [5.74, 6) is 0. The largest absolute Gasteiger partial charge is 0.385 e. The number of hydrogen-bond acceptors (Lipinski definition) is 1. The summed E-state index contributed by atoms with van der Waals surface area (Å²) in [7, 11) is 0. The van der Waals surface area contributed by atoms with Crippen LogP contribution >= 0.6 is 15.9 Å². The average Bonchev–Trinajstić information content (AvgIpc) is 2.13. The number of hydrogen-bond donors (Lipinski definition) is 1. The molecule has 0 unspecified atom stereocenters. The summed E-state index contributed by atoms with van der Waals surface area (Å²) in [6, 6.07) is 4.30. The van der Waals surface area contributed by atoms with Crippen LogP contribution in [0.5, 0.6) is 0 Å². The van der Waals surface area contributed by atoms with Crippen LogP contribution < -0.4 is 5.32 Å². The predicted octanol–water partition coefficient (Wildman–Crippen LogP) is 3.98. The Bertz CT molecular complexity index is 369. The van der Waals surface area contributed by atoms with E-state index in [1.54, 1.807) is 0 Å². The van der Waals surface area contributed by atoms with Crippen molar-refractivity contribution in [3.63, 3.8) is 0 Å². The third kappa shape index (κ3) is 1.85. The summed E-state index contributed by atoms with van der Waals surface area (Å²) < 4.78 is 1.21. The minimum absolute atomic E-state index is 1.06. The van der Waals surface area contributed by atoms with E-state index in [-0.39, 0.29) is 0 Å². The molecule has 0 saturated carbocycles. The van der Waals surface area contributed by atoms with Crippen LogP contribution in [0.15, 0.2) is 22.7 Å². The van der Waals surface area contributed by atoms with Crippen LogP contribution in [0.4, 0.5) is 5.69 Å². The fourth-order valence-electron chi connectivity index (χ4n) is 1.66. The second-order valence-corrected chi connectivity index (χ2v) is 4.42. The van der Waals surface area contributed by atoms with Crippen molar-refractivity contribution in [3.05, 3.63) is 33.8 Å². The molecule has 14 heavy (non-hydrogen) atoms. The van der Waals surface area contributed by atoms with E-state index in [0.29, 0.717) is 0 Å². The van der Waals surface area contributed by atoms with E-state index >= 15 is 0 Å². The number of nitrogens with one attached hydrogen (secondary N) is 1. The normalized spacial score (nSPS) is 17.6. The Morgan fingerprint density at radius 2 is 2.21 bits per heavy atom. The van der Waals surface area contributed by atoms with E-state index in [4.69, 9.17) is 0 Å². The van der Waals surface area contributed by atoms with E-state index in [2.05, 4.69) is 52.5 Å². The minimum atomic E-state index is 1.06. The topological polar surface area (TPSA) is 12.0 Å². The minimum Gasteiger partial charge on any atom is -0.385 e. The van der Waals surface area contributed by atoms with Crippen LogP contribution in [0.2, 0.25) is 0 Å². The van der Waals surface area contributed by atoms with Crippen LogP contribution in [0.25, 0.3) is 6.08 Å². The Balaban J connectivity index is 2.51. The molecule has 1 aromatic carbocycles. The van der Waals surface area contributed by atoms with Gasteiger partial charge in [0.2, 0.25) is 0 Å². The zero-order valence-electron chi connectivity index (χ0n) is 8.31. The molecular weight excluding hydrogens is 238 g/mol. The Morgan fingerprint density at radius 3 is 3.07 bits per heavy atom. The number of aryl methyl sites for hydroxylation is 1. The van der Waals surface area contributed by atoms with Gasteiger partial charge in [0.05, 0.1) is 0 Å². The Labute approximate surface area is 93.3 Å². The SMILES string of the molecule is Cc1ccc2c(c1Br)/C=C/CCCN2. The lowest BCUT2D eigenvalue weighted by atomic mass is 10.1. The van der Waals surface area contributed by atoms with Gasteiger partial charge in [-0.25, -0.2) is 0 Å². The average molecular weight is 252 g/mol. The van der Waals surface area contributed by atoms with Gasteiger partial charge in [0.25, 0.3) is 0 Å². The van der Waals surface area contributed by atoms with E-state index in [9.17, 15) is 0 Å². The van der Waals surface area contributed by atoms with Gasteiger partial charge >= 0.3 is 0 Å². The second-order valence-electron chi connectivity index (χ2n) is 3.63. The number of benzene rings is 1. The van der Waals surface area contributed by atoms with Crippen LogP contribution in [-0.2, 0) is 0 Å². The van der Waals surface area contributed by atoms with Gasteiger partial charge in [0.1, 0.15) is 0 Å². The number of rotatable bonds is 0. The maximum Gasteiger partial charge on any atom is 0.0425 e. The highest BCUT2D eigenvalue weighted by atomic mass is 79.9. The first-order valence-corrected chi connectivity index (χ1v) is 5.78. The third-order valence-electron chi connectivity index (χ3n) is 2.52. The molecule has 1 aromatic rings. The molecule has 2 rings (SSSR count). The van der Waals surface area contributed by atoms with Gasteiger partial charge < -0.3 is 5.32 Å². The van der Waals surface area contributed by atoms with Gasteiger partial charge in [-0.2, -0.15) is 0 Å². The molecule has 0 fully saturated rings. The van der Waals surface area contributed by atoms with E-state index in [1.165, 1.54) is 27.7 Å². The lowest BCUT2D eigenvalue weighted by molar-refractivity contribution is 0.887. The smallest absolute Gasteiger partial charge is 0.0425 e. The second kappa shape index (κ2) is 4.18.